The number of rotatable bonds is 34. The van der Waals surface area contributed by atoms with E-state index in [4.69, 9.17) is 19.5 Å². The Morgan fingerprint density at radius 1 is 0.896 bits per heavy atom. The number of ether oxygens (including phenoxy) is 1. The molecule has 1 aliphatic heterocycles. The van der Waals surface area contributed by atoms with Gasteiger partial charge in [-0.2, -0.15) is 4.31 Å². The van der Waals surface area contributed by atoms with Crippen molar-refractivity contribution in [1.29, 1.82) is 0 Å². The Labute approximate surface area is 394 Å². The maximum Gasteiger partial charge on any atom is 0.481 e. The van der Waals surface area contributed by atoms with E-state index in [2.05, 4.69) is 53.5 Å². The zero-order valence-corrected chi connectivity index (χ0v) is 41.6. The molecule has 10 N–H and O–H groups in total. The van der Waals surface area contributed by atoms with E-state index >= 15 is 0 Å². The van der Waals surface area contributed by atoms with Gasteiger partial charge in [-0.25, -0.2) is 28.6 Å². The molecule has 3 unspecified atom stereocenters. The van der Waals surface area contributed by atoms with Gasteiger partial charge in [-0.15, -0.1) is 0 Å². The lowest BCUT2D eigenvalue weighted by Gasteiger charge is -2.30. The van der Waals surface area contributed by atoms with Crippen LogP contribution in [0.4, 0.5) is 5.82 Å². The molecule has 2 aromatic rings. The van der Waals surface area contributed by atoms with Crippen molar-refractivity contribution >= 4 is 69.1 Å². The van der Waals surface area contributed by atoms with Crippen molar-refractivity contribution in [2.45, 2.75) is 148 Å². The first kappa shape index (κ1) is 58.6. The second-order valence-corrected chi connectivity index (χ2v) is 22.0. The number of aromatic nitrogens is 4. The largest absolute Gasteiger partial charge is 0.481 e. The fraction of sp³-hybridized carbons (Fsp3) is 0.744. The Morgan fingerprint density at radius 2 is 1.52 bits per heavy atom. The molecule has 3 heterocycles. The maximum absolute atomic E-state index is 12.7. The lowest BCUT2D eigenvalue weighted by Crippen LogP contribution is -2.46. The van der Waals surface area contributed by atoms with E-state index in [9.17, 15) is 57.9 Å². The van der Waals surface area contributed by atoms with Gasteiger partial charge < -0.3 is 50.9 Å². The van der Waals surface area contributed by atoms with Crippen LogP contribution >= 0.6 is 35.2 Å². The van der Waals surface area contributed by atoms with Gasteiger partial charge in [-0.05, 0) is 32.1 Å². The molecular weight excluding hydrogens is 963 g/mol. The smallest absolute Gasteiger partial charge is 0.386 e. The van der Waals surface area contributed by atoms with Gasteiger partial charge in [0, 0.05) is 37.1 Å². The monoisotopic (exact) mass is 1030 g/mol. The minimum Gasteiger partial charge on any atom is -0.386 e. The number of phosphoric ester groups is 3. The number of amides is 2. The molecule has 0 radical (unpaired) electrons. The molecule has 67 heavy (non-hydrogen) atoms. The molecule has 0 saturated carbocycles. The number of allylic oxidation sites excluding steroid dienone is 2. The van der Waals surface area contributed by atoms with Crippen molar-refractivity contribution in [2.24, 2.45) is 5.41 Å². The average molecular weight is 1030 g/mol. The van der Waals surface area contributed by atoms with Crippen LogP contribution < -0.4 is 16.4 Å². The standard InChI is InChI=1S/C39H68N7O17P3S/c1-4-5-6-7-8-9-10-11-12-13-14-15-16-17-18-19-30(48)67-23-22-41-29(47)20-21-42-37(51)34(50)39(2,3)25-60-66(57,58)63-65(55,56)59-24-28-33(62-64(52,53)54)32(49)38(61-28)46-27-45-31-35(40)43-26-44-36(31)46/h11-12,26-28,32-34,38,49-50H,4-10,13-25H2,1-3H3,(H,41,47)(H,42,51)(H,55,56)(H,57,58)(H2,40,43,44)(H2,52,53,54)/b12-11-/t28-,32-,33-,34?,38-/m1/s1. The summed E-state index contributed by atoms with van der Waals surface area (Å²) < 4.78 is 62.4. The van der Waals surface area contributed by atoms with Crippen LogP contribution in [0.3, 0.4) is 0 Å². The van der Waals surface area contributed by atoms with Gasteiger partial charge in [0.2, 0.25) is 11.8 Å². The van der Waals surface area contributed by atoms with E-state index in [1.165, 1.54) is 52.4 Å². The zero-order valence-electron chi connectivity index (χ0n) is 38.1. The lowest BCUT2D eigenvalue weighted by atomic mass is 9.87. The number of unbranched alkanes of at least 4 members (excludes halogenated alkanes) is 11. The predicted molar refractivity (Wildman–Crippen MR) is 247 cm³/mol. The Kier molecular flexibility index (Phi) is 25.2. The molecule has 382 valence electrons. The van der Waals surface area contributed by atoms with Gasteiger partial charge in [-0.3, -0.25) is 32.5 Å². The summed E-state index contributed by atoms with van der Waals surface area (Å²) in [6, 6.07) is 0. The number of nitrogens with one attached hydrogen (secondary N) is 2. The van der Waals surface area contributed by atoms with Crippen LogP contribution in [0.1, 0.15) is 123 Å². The number of nitrogens with zero attached hydrogens (tertiary/aromatic N) is 4. The van der Waals surface area contributed by atoms with Gasteiger partial charge in [0.25, 0.3) is 0 Å². The Bertz CT molecular complexity index is 2040. The first-order valence-electron chi connectivity index (χ1n) is 22.3. The van der Waals surface area contributed by atoms with Gasteiger partial charge in [0.15, 0.2) is 22.8 Å². The Hall–Kier alpha value is -2.70. The van der Waals surface area contributed by atoms with E-state index in [0.29, 0.717) is 12.2 Å². The Balaban J connectivity index is 1.30. The lowest BCUT2D eigenvalue weighted by molar-refractivity contribution is -0.137. The van der Waals surface area contributed by atoms with Gasteiger partial charge in [0.1, 0.15) is 36.3 Å². The number of aliphatic hydroxyl groups excluding tert-OH is 2. The molecule has 3 rings (SSSR count). The summed E-state index contributed by atoms with van der Waals surface area (Å²) >= 11 is 1.15. The van der Waals surface area contributed by atoms with Crippen molar-refractivity contribution in [3.05, 3.63) is 24.8 Å². The molecular formula is C39H68N7O17P3S. The van der Waals surface area contributed by atoms with E-state index in [1.807, 2.05) is 0 Å². The molecule has 0 aromatic carbocycles. The van der Waals surface area contributed by atoms with E-state index in [0.717, 1.165) is 73.9 Å². The zero-order chi connectivity index (χ0) is 49.7. The second-order valence-electron chi connectivity index (χ2n) is 16.6. The molecule has 2 aromatic heterocycles. The molecule has 1 aliphatic rings. The van der Waals surface area contributed by atoms with E-state index in [-0.39, 0.29) is 41.6 Å². The average Bonchev–Trinajstić information content (AvgIpc) is 3.81. The molecule has 1 saturated heterocycles. The van der Waals surface area contributed by atoms with Crippen molar-refractivity contribution in [1.82, 2.24) is 30.2 Å². The van der Waals surface area contributed by atoms with E-state index in [1.54, 1.807) is 0 Å². The van der Waals surface area contributed by atoms with Crippen LogP contribution in [0.25, 0.3) is 11.2 Å². The SMILES string of the molecule is CCCCCCCC/C=C\CCCCCCCC(=O)SCCNC(=O)CCNC(=O)C(O)C(C)(C)COP(=O)(O)OP(=O)(O)OC[C@H]1O[C@@H](n2cnc3c(N)ncnc32)[C@H](O)[C@@H]1OP(=O)(O)O. The summed E-state index contributed by atoms with van der Waals surface area (Å²) in [5, 5.41) is 26.7. The number of hydrogen-bond acceptors (Lipinski definition) is 18. The molecule has 28 heteroatoms. The number of fused-ring (bicyclic) bond motifs is 1. The minimum absolute atomic E-state index is 0.0331. The third-order valence-electron chi connectivity index (χ3n) is 10.4. The Morgan fingerprint density at radius 3 is 2.18 bits per heavy atom. The first-order chi connectivity index (χ1) is 31.6. The topological polar surface area (TPSA) is 364 Å². The third-order valence-corrected chi connectivity index (χ3v) is 14.4. The van der Waals surface area contributed by atoms with Crippen molar-refractivity contribution < 1.29 is 80.5 Å². The van der Waals surface area contributed by atoms with Gasteiger partial charge in [0.05, 0.1) is 19.5 Å². The number of phosphoric acid groups is 3. The highest BCUT2D eigenvalue weighted by Gasteiger charge is 2.50. The highest BCUT2D eigenvalue weighted by atomic mass is 32.2. The minimum atomic E-state index is -5.58. The van der Waals surface area contributed by atoms with Crippen molar-refractivity contribution in [3.8, 4) is 0 Å². The van der Waals surface area contributed by atoms with Gasteiger partial charge in [-0.1, -0.05) is 96.1 Å². The summed E-state index contributed by atoms with van der Waals surface area (Å²) in [6.07, 6.45) is 13.5. The van der Waals surface area contributed by atoms with Crippen LogP contribution in [0, 0.1) is 5.41 Å². The highest BCUT2D eigenvalue weighted by molar-refractivity contribution is 8.13. The first-order valence-corrected chi connectivity index (χ1v) is 27.8. The fourth-order valence-corrected chi connectivity index (χ4v) is 10.3. The summed E-state index contributed by atoms with van der Waals surface area (Å²) in [4.78, 5) is 88.3. The number of nitrogen functional groups attached to an aromatic ring is 1. The number of anilines is 1. The summed E-state index contributed by atoms with van der Waals surface area (Å²) in [6.45, 7) is 2.79. The number of imidazole rings is 1. The van der Waals surface area contributed by atoms with Gasteiger partial charge >= 0.3 is 23.5 Å². The number of hydrogen-bond donors (Lipinski definition) is 9. The normalized spacial score (nSPS) is 20.2. The molecule has 0 aliphatic carbocycles. The number of nitrogens with two attached hydrogens (primary N) is 1. The summed E-state index contributed by atoms with van der Waals surface area (Å²) in [5.41, 5.74) is 4.29. The van der Waals surface area contributed by atoms with Crippen LogP contribution in [0.15, 0.2) is 24.8 Å². The maximum atomic E-state index is 12.7. The van der Waals surface area contributed by atoms with Crippen LogP contribution in [0.2, 0.25) is 0 Å². The molecule has 7 atom stereocenters. The number of carbonyl (C=O) groups is 3. The van der Waals surface area contributed by atoms with E-state index < -0.39 is 84.6 Å². The van der Waals surface area contributed by atoms with Crippen LogP contribution in [-0.4, -0.2) is 123 Å². The van der Waals surface area contributed by atoms with Crippen molar-refractivity contribution in [2.75, 3.05) is 37.8 Å². The third kappa shape index (κ3) is 21.9. The summed E-state index contributed by atoms with van der Waals surface area (Å²) in [5.74, 6) is -1.03. The highest BCUT2D eigenvalue weighted by Crippen LogP contribution is 2.61. The number of thioether (sulfide) groups is 1. The molecule has 1 fully saturated rings. The van der Waals surface area contributed by atoms with Crippen LogP contribution in [-0.2, 0) is 50.7 Å². The fourth-order valence-electron chi connectivity index (χ4n) is 6.71. The molecule has 2 amide bonds. The number of carbonyl (C=O) groups excluding carboxylic acids is 3. The molecule has 0 spiro atoms. The quantitative estimate of drug-likeness (QED) is 0.0260. The predicted octanol–water partition coefficient (Wildman–Crippen LogP) is 4.70. The van der Waals surface area contributed by atoms with Crippen molar-refractivity contribution in [3.63, 3.8) is 0 Å². The summed E-state index contributed by atoms with van der Waals surface area (Å²) in [7, 11) is -16.4. The second kappa shape index (κ2) is 28.8. The molecule has 0 bridgehead atoms. The molecule has 24 nitrogen and oxygen atoms in total. The van der Waals surface area contributed by atoms with Crippen LogP contribution in [0.5, 0.6) is 0 Å². The number of aliphatic hydroxyl groups is 2.